The minimum absolute atomic E-state index is 0.789. The van der Waals surface area contributed by atoms with Crippen molar-refractivity contribution in [3.8, 4) is 0 Å². The summed E-state index contributed by atoms with van der Waals surface area (Å²) in [6.07, 6.45) is 2.14. The molecular formula is C16H26N3OS+. The second-order valence-corrected chi connectivity index (χ2v) is 5.75. The fourth-order valence-corrected chi connectivity index (χ4v) is 2.75. The number of hydrogen-bond acceptors (Lipinski definition) is 2. The molecule has 1 aliphatic rings. The summed E-state index contributed by atoms with van der Waals surface area (Å²) in [5.74, 6) is 0. The Kier molecular flexibility index (Phi) is 6.92. The summed E-state index contributed by atoms with van der Waals surface area (Å²) < 4.78 is 5.39. The predicted octanol–water partition coefficient (Wildman–Crippen LogP) is 0.646. The zero-order chi connectivity index (χ0) is 14.9. The maximum absolute atomic E-state index is 5.40. The monoisotopic (exact) mass is 308 g/mol. The highest BCUT2D eigenvalue weighted by molar-refractivity contribution is 7.80. The Labute approximate surface area is 133 Å². The van der Waals surface area contributed by atoms with Gasteiger partial charge in [0, 0.05) is 26.2 Å². The van der Waals surface area contributed by atoms with Gasteiger partial charge in [-0.2, -0.15) is 0 Å². The number of benzene rings is 1. The lowest BCUT2D eigenvalue weighted by Crippen LogP contribution is -3.17. The van der Waals surface area contributed by atoms with Crippen LogP contribution < -0.4 is 10.2 Å². The fraction of sp³-hybridized carbons (Fsp3) is 0.562. The van der Waals surface area contributed by atoms with Gasteiger partial charge < -0.3 is 19.9 Å². The van der Waals surface area contributed by atoms with Crippen LogP contribution in [0.25, 0.3) is 0 Å². The number of quaternary nitrogens is 1. The van der Waals surface area contributed by atoms with Crippen molar-refractivity contribution in [1.29, 1.82) is 0 Å². The highest BCUT2D eigenvalue weighted by Gasteiger charge is 2.22. The Morgan fingerprint density at radius 1 is 1.33 bits per heavy atom. The van der Waals surface area contributed by atoms with Crippen molar-refractivity contribution in [2.75, 3.05) is 39.6 Å². The van der Waals surface area contributed by atoms with E-state index in [9.17, 15) is 0 Å². The zero-order valence-corrected chi connectivity index (χ0v) is 13.6. The lowest BCUT2D eigenvalue weighted by atomic mass is 10.1. The van der Waals surface area contributed by atoms with Crippen LogP contribution >= 0.6 is 12.2 Å². The van der Waals surface area contributed by atoms with Gasteiger partial charge in [-0.15, -0.1) is 0 Å². The molecule has 21 heavy (non-hydrogen) atoms. The molecule has 1 heterocycles. The van der Waals surface area contributed by atoms with E-state index in [2.05, 4.69) is 40.5 Å². The fourth-order valence-electron chi connectivity index (χ4n) is 2.53. The number of nitrogens with zero attached hydrogens (tertiary/aromatic N) is 1. The normalized spacial score (nSPS) is 18.6. The van der Waals surface area contributed by atoms with Gasteiger partial charge >= 0.3 is 0 Å². The van der Waals surface area contributed by atoms with Crippen molar-refractivity contribution < 1.29 is 9.64 Å². The standard InChI is InChI=1S/C16H25N3OS/c1-2-20-12-6-10-19-14-18(13-17-16(19)21)11-9-15-7-4-3-5-8-15/h3-5,7-8H,2,6,9-14H2,1H3,(H,17,21)/p+1. The molecule has 116 valence electrons. The number of ether oxygens (including phenoxy) is 1. The number of hydrogen-bond donors (Lipinski definition) is 2. The molecule has 1 aromatic carbocycles. The van der Waals surface area contributed by atoms with E-state index in [-0.39, 0.29) is 0 Å². The van der Waals surface area contributed by atoms with Gasteiger partial charge in [0.15, 0.2) is 18.4 Å². The van der Waals surface area contributed by atoms with Crippen LogP contribution in [-0.4, -0.2) is 49.7 Å². The van der Waals surface area contributed by atoms with Gasteiger partial charge in [-0.1, -0.05) is 30.3 Å². The van der Waals surface area contributed by atoms with Crippen LogP contribution in [-0.2, 0) is 11.2 Å². The van der Waals surface area contributed by atoms with Gasteiger partial charge in [0.1, 0.15) is 0 Å². The van der Waals surface area contributed by atoms with Gasteiger partial charge in [-0.05, 0) is 31.1 Å². The second kappa shape index (κ2) is 8.97. The number of nitrogens with one attached hydrogen (secondary N) is 2. The zero-order valence-electron chi connectivity index (χ0n) is 12.8. The molecule has 0 saturated carbocycles. The molecule has 0 radical (unpaired) electrons. The van der Waals surface area contributed by atoms with Crippen LogP contribution in [0.1, 0.15) is 18.9 Å². The van der Waals surface area contributed by atoms with Crippen LogP contribution in [0, 0.1) is 0 Å². The van der Waals surface area contributed by atoms with Gasteiger partial charge in [0.05, 0.1) is 6.54 Å². The van der Waals surface area contributed by atoms with Crippen LogP contribution in [0.3, 0.4) is 0 Å². The van der Waals surface area contributed by atoms with E-state index in [0.29, 0.717) is 0 Å². The summed E-state index contributed by atoms with van der Waals surface area (Å²) in [4.78, 5) is 3.79. The smallest absolute Gasteiger partial charge is 0.177 e. The highest BCUT2D eigenvalue weighted by Crippen LogP contribution is 1.98. The molecule has 0 aromatic heterocycles. The summed E-state index contributed by atoms with van der Waals surface area (Å²) in [5, 5.41) is 4.22. The number of rotatable bonds is 8. The van der Waals surface area contributed by atoms with Crippen molar-refractivity contribution in [2.45, 2.75) is 19.8 Å². The van der Waals surface area contributed by atoms with Gasteiger partial charge in [-0.3, -0.25) is 0 Å². The quantitative estimate of drug-likeness (QED) is 0.545. The Morgan fingerprint density at radius 3 is 2.90 bits per heavy atom. The van der Waals surface area contributed by atoms with Gasteiger partial charge in [-0.25, -0.2) is 0 Å². The molecule has 2 N–H and O–H groups in total. The van der Waals surface area contributed by atoms with Crippen molar-refractivity contribution >= 4 is 17.3 Å². The minimum atomic E-state index is 0.789. The molecule has 1 aliphatic heterocycles. The first-order valence-corrected chi connectivity index (χ1v) is 8.18. The molecule has 1 fully saturated rings. The lowest BCUT2D eigenvalue weighted by molar-refractivity contribution is -0.913. The summed E-state index contributed by atoms with van der Waals surface area (Å²) >= 11 is 5.40. The Balaban J connectivity index is 1.73. The second-order valence-electron chi connectivity index (χ2n) is 5.37. The Hall–Kier alpha value is -1.17. The molecule has 1 saturated heterocycles. The SMILES string of the molecule is CCOCCCN1C[NH+](CCc2ccccc2)CNC1=S. The minimum Gasteiger partial charge on any atom is -0.382 e. The van der Waals surface area contributed by atoms with Crippen molar-refractivity contribution in [3.63, 3.8) is 0 Å². The third kappa shape index (κ3) is 5.61. The first kappa shape index (κ1) is 16.2. The summed E-state index contributed by atoms with van der Waals surface area (Å²) in [5.41, 5.74) is 1.40. The molecule has 2 rings (SSSR count). The molecule has 4 nitrogen and oxygen atoms in total. The van der Waals surface area contributed by atoms with E-state index in [4.69, 9.17) is 17.0 Å². The largest absolute Gasteiger partial charge is 0.382 e. The lowest BCUT2D eigenvalue weighted by Gasteiger charge is -2.35. The van der Waals surface area contributed by atoms with Crippen molar-refractivity contribution in [2.24, 2.45) is 0 Å². The average molecular weight is 308 g/mol. The van der Waals surface area contributed by atoms with E-state index in [0.717, 1.165) is 57.6 Å². The van der Waals surface area contributed by atoms with Crippen molar-refractivity contribution in [3.05, 3.63) is 35.9 Å². The molecule has 0 amide bonds. The van der Waals surface area contributed by atoms with Crippen LogP contribution in [0.4, 0.5) is 0 Å². The van der Waals surface area contributed by atoms with Crippen molar-refractivity contribution in [1.82, 2.24) is 10.2 Å². The van der Waals surface area contributed by atoms with Gasteiger partial charge in [0.25, 0.3) is 0 Å². The third-order valence-electron chi connectivity index (χ3n) is 3.72. The summed E-state index contributed by atoms with van der Waals surface area (Å²) in [6, 6.07) is 10.7. The van der Waals surface area contributed by atoms with E-state index >= 15 is 0 Å². The first-order valence-electron chi connectivity index (χ1n) is 7.77. The van der Waals surface area contributed by atoms with E-state index in [1.165, 1.54) is 10.5 Å². The first-order chi connectivity index (χ1) is 10.3. The molecular weight excluding hydrogens is 282 g/mol. The Bertz CT molecular complexity index is 427. The van der Waals surface area contributed by atoms with Crippen LogP contribution in [0.2, 0.25) is 0 Å². The van der Waals surface area contributed by atoms with E-state index in [1.807, 2.05) is 6.92 Å². The Morgan fingerprint density at radius 2 is 2.14 bits per heavy atom. The predicted molar refractivity (Wildman–Crippen MR) is 89.3 cm³/mol. The van der Waals surface area contributed by atoms with Crippen LogP contribution in [0.15, 0.2) is 30.3 Å². The van der Waals surface area contributed by atoms with Gasteiger partial charge in [0.2, 0.25) is 0 Å². The molecule has 1 aromatic rings. The molecule has 1 unspecified atom stereocenters. The molecule has 1 atom stereocenters. The molecule has 5 heteroatoms. The number of thiocarbonyl (C=S) groups is 1. The highest BCUT2D eigenvalue weighted by atomic mass is 32.1. The average Bonchev–Trinajstić information content (AvgIpc) is 2.53. The van der Waals surface area contributed by atoms with Crippen LogP contribution in [0.5, 0.6) is 0 Å². The van der Waals surface area contributed by atoms with E-state index in [1.54, 1.807) is 0 Å². The maximum Gasteiger partial charge on any atom is 0.177 e. The molecule has 0 bridgehead atoms. The molecule has 0 aliphatic carbocycles. The molecule has 0 spiro atoms. The van der Waals surface area contributed by atoms with E-state index < -0.39 is 0 Å². The maximum atomic E-state index is 5.40. The topological polar surface area (TPSA) is 28.9 Å². The summed E-state index contributed by atoms with van der Waals surface area (Å²) in [7, 11) is 0. The summed E-state index contributed by atoms with van der Waals surface area (Å²) in [6.45, 7) is 7.65. The third-order valence-corrected chi connectivity index (χ3v) is 4.12.